The molecule has 0 aromatic carbocycles. The minimum absolute atomic E-state index is 0.0390. The molecule has 10 nitrogen and oxygen atoms in total. The number of rotatable bonds is 5. The fourth-order valence-corrected chi connectivity index (χ4v) is 2.77. The molecule has 138 valence electrons. The molecule has 2 aromatic rings. The van der Waals surface area contributed by atoms with Crippen molar-refractivity contribution in [1.82, 2.24) is 35.9 Å². The van der Waals surface area contributed by atoms with Crippen molar-refractivity contribution in [2.24, 2.45) is 0 Å². The van der Waals surface area contributed by atoms with Crippen molar-refractivity contribution >= 4 is 29.2 Å². The predicted octanol–water partition coefficient (Wildman–Crippen LogP) is 0.297. The lowest BCUT2D eigenvalue weighted by Gasteiger charge is -2.09. The smallest absolute Gasteiger partial charge is 0.319 e. The summed E-state index contributed by atoms with van der Waals surface area (Å²) in [4.78, 5) is 27.4. The Labute approximate surface area is 154 Å². The van der Waals surface area contributed by atoms with E-state index >= 15 is 0 Å². The Morgan fingerprint density at radius 2 is 2.27 bits per heavy atom. The number of nitrogens with zero attached hydrogens (tertiary/aromatic N) is 4. The standard InChI is InChI=1S/C15H19ClN8O2/c1-17-14(25)12-4-11(7-18-12)24-8-10(22-23-24)6-20-15(26)21-9-2-3-13(16)19-5-9/h2-3,5,8,11-12,18H,4,6-7H2,1H3,(H,17,25)(H2,20,21,26)/t11-,12-/m0/s1. The Morgan fingerprint density at radius 1 is 1.42 bits per heavy atom. The van der Waals surface area contributed by atoms with Gasteiger partial charge >= 0.3 is 6.03 Å². The second kappa shape index (κ2) is 8.11. The molecule has 0 spiro atoms. The van der Waals surface area contributed by atoms with Crippen molar-refractivity contribution in [3.05, 3.63) is 35.4 Å². The first-order chi connectivity index (χ1) is 12.5. The van der Waals surface area contributed by atoms with Crippen LogP contribution in [0.1, 0.15) is 18.2 Å². The number of carbonyl (C=O) groups excluding carboxylic acids is 2. The molecule has 0 radical (unpaired) electrons. The number of pyridine rings is 1. The van der Waals surface area contributed by atoms with E-state index in [0.29, 0.717) is 29.5 Å². The summed E-state index contributed by atoms with van der Waals surface area (Å²) < 4.78 is 1.72. The van der Waals surface area contributed by atoms with Crippen molar-refractivity contribution in [2.45, 2.75) is 25.0 Å². The molecule has 1 saturated heterocycles. The van der Waals surface area contributed by atoms with Gasteiger partial charge in [-0.05, 0) is 18.6 Å². The zero-order valence-electron chi connectivity index (χ0n) is 14.1. The highest BCUT2D eigenvalue weighted by atomic mass is 35.5. The number of hydrogen-bond acceptors (Lipinski definition) is 6. The van der Waals surface area contributed by atoms with Gasteiger partial charge in [0.1, 0.15) is 10.8 Å². The third kappa shape index (κ3) is 4.46. The monoisotopic (exact) mass is 378 g/mol. The van der Waals surface area contributed by atoms with Gasteiger partial charge in [-0.25, -0.2) is 14.5 Å². The molecule has 0 aliphatic carbocycles. The van der Waals surface area contributed by atoms with E-state index in [2.05, 4.69) is 36.6 Å². The normalized spacial score (nSPS) is 19.2. The summed E-state index contributed by atoms with van der Waals surface area (Å²) >= 11 is 5.70. The van der Waals surface area contributed by atoms with Gasteiger partial charge in [-0.1, -0.05) is 16.8 Å². The highest BCUT2D eigenvalue weighted by molar-refractivity contribution is 6.29. The van der Waals surface area contributed by atoms with Gasteiger partial charge in [0.2, 0.25) is 5.91 Å². The maximum Gasteiger partial charge on any atom is 0.319 e. The number of amides is 3. The van der Waals surface area contributed by atoms with Crippen LogP contribution in [0.4, 0.5) is 10.5 Å². The molecule has 1 fully saturated rings. The largest absolute Gasteiger partial charge is 0.358 e. The molecule has 2 aromatic heterocycles. The second-order valence-corrected chi connectivity index (χ2v) is 6.22. The van der Waals surface area contributed by atoms with E-state index in [-0.39, 0.29) is 30.6 Å². The lowest BCUT2D eigenvalue weighted by molar-refractivity contribution is -0.122. The number of likely N-dealkylation sites (N-methyl/N-ethyl adjacent to an activating group) is 1. The summed E-state index contributed by atoms with van der Waals surface area (Å²) in [6, 6.07) is 2.68. The van der Waals surface area contributed by atoms with Crippen molar-refractivity contribution in [3.63, 3.8) is 0 Å². The van der Waals surface area contributed by atoms with E-state index < -0.39 is 0 Å². The minimum Gasteiger partial charge on any atom is -0.358 e. The van der Waals surface area contributed by atoms with E-state index in [1.165, 1.54) is 6.20 Å². The van der Waals surface area contributed by atoms with Gasteiger partial charge in [-0.15, -0.1) is 5.10 Å². The van der Waals surface area contributed by atoms with Crippen LogP contribution < -0.4 is 21.3 Å². The van der Waals surface area contributed by atoms with Crippen molar-refractivity contribution in [2.75, 3.05) is 18.9 Å². The van der Waals surface area contributed by atoms with Gasteiger partial charge in [0.15, 0.2) is 0 Å². The third-order valence-corrected chi connectivity index (χ3v) is 4.24. The molecule has 3 amide bonds. The van der Waals surface area contributed by atoms with Crippen LogP contribution in [0.25, 0.3) is 0 Å². The number of aromatic nitrogens is 4. The second-order valence-electron chi connectivity index (χ2n) is 5.83. The Balaban J connectivity index is 1.48. The minimum atomic E-state index is -0.383. The van der Waals surface area contributed by atoms with E-state index in [0.717, 1.165) is 0 Å². The summed E-state index contributed by atoms with van der Waals surface area (Å²) in [6.07, 6.45) is 3.87. The average Bonchev–Trinajstić information content (AvgIpc) is 3.30. The van der Waals surface area contributed by atoms with Gasteiger partial charge in [-0.2, -0.15) is 0 Å². The van der Waals surface area contributed by atoms with Gasteiger partial charge in [0.05, 0.1) is 36.7 Å². The van der Waals surface area contributed by atoms with Crippen LogP contribution >= 0.6 is 11.6 Å². The van der Waals surface area contributed by atoms with Crippen LogP contribution in [-0.4, -0.2) is 51.6 Å². The fraction of sp³-hybridized carbons (Fsp3) is 0.400. The van der Waals surface area contributed by atoms with Gasteiger partial charge in [0.25, 0.3) is 0 Å². The number of halogens is 1. The predicted molar refractivity (Wildman–Crippen MR) is 94.6 cm³/mol. The van der Waals surface area contributed by atoms with Crippen LogP contribution in [0.15, 0.2) is 24.5 Å². The Morgan fingerprint density at radius 3 is 3.00 bits per heavy atom. The van der Waals surface area contributed by atoms with Crippen molar-refractivity contribution < 1.29 is 9.59 Å². The summed E-state index contributed by atoms with van der Waals surface area (Å²) in [7, 11) is 1.61. The van der Waals surface area contributed by atoms with Gasteiger partial charge in [0, 0.05) is 13.6 Å². The van der Waals surface area contributed by atoms with Crippen LogP contribution in [0.5, 0.6) is 0 Å². The highest BCUT2D eigenvalue weighted by Gasteiger charge is 2.30. The molecule has 26 heavy (non-hydrogen) atoms. The first-order valence-electron chi connectivity index (χ1n) is 8.07. The summed E-state index contributed by atoms with van der Waals surface area (Å²) in [5, 5.41) is 19.6. The van der Waals surface area contributed by atoms with Gasteiger partial charge < -0.3 is 21.3 Å². The first kappa shape index (κ1) is 18.1. The Kier molecular flexibility index (Phi) is 5.64. The molecule has 2 atom stereocenters. The SMILES string of the molecule is CNC(=O)[C@@H]1C[C@H](n2cc(CNC(=O)Nc3ccc(Cl)nc3)nn2)CN1. The zero-order valence-corrected chi connectivity index (χ0v) is 14.8. The highest BCUT2D eigenvalue weighted by Crippen LogP contribution is 2.19. The van der Waals surface area contributed by atoms with Crippen LogP contribution in [0.3, 0.4) is 0 Å². The first-order valence-corrected chi connectivity index (χ1v) is 8.45. The van der Waals surface area contributed by atoms with Crippen LogP contribution in [-0.2, 0) is 11.3 Å². The maximum atomic E-state index is 11.9. The quantitative estimate of drug-likeness (QED) is 0.554. The van der Waals surface area contributed by atoms with E-state index in [1.807, 2.05) is 0 Å². The Bertz CT molecular complexity index is 778. The molecular formula is C15H19ClN8O2. The molecule has 0 saturated carbocycles. The lowest BCUT2D eigenvalue weighted by atomic mass is 10.1. The molecule has 3 heterocycles. The summed E-state index contributed by atoms with van der Waals surface area (Å²) in [6.45, 7) is 0.865. The molecule has 4 N–H and O–H groups in total. The van der Waals surface area contributed by atoms with E-state index in [4.69, 9.17) is 11.6 Å². The molecule has 0 bridgehead atoms. The molecule has 0 unspecified atom stereocenters. The third-order valence-electron chi connectivity index (χ3n) is 4.02. The molecule has 1 aliphatic rings. The van der Waals surface area contributed by atoms with E-state index in [9.17, 15) is 9.59 Å². The number of urea groups is 1. The fourth-order valence-electron chi connectivity index (χ4n) is 2.66. The number of hydrogen-bond donors (Lipinski definition) is 4. The topological polar surface area (TPSA) is 126 Å². The van der Waals surface area contributed by atoms with Crippen molar-refractivity contribution in [3.8, 4) is 0 Å². The number of nitrogens with one attached hydrogen (secondary N) is 4. The lowest BCUT2D eigenvalue weighted by Crippen LogP contribution is -2.38. The average molecular weight is 379 g/mol. The van der Waals surface area contributed by atoms with Crippen LogP contribution in [0, 0.1) is 0 Å². The number of anilines is 1. The Hall–Kier alpha value is -2.72. The zero-order chi connectivity index (χ0) is 18.5. The van der Waals surface area contributed by atoms with Gasteiger partial charge in [-0.3, -0.25) is 4.79 Å². The molecule has 3 rings (SSSR count). The van der Waals surface area contributed by atoms with Crippen molar-refractivity contribution in [1.29, 1.82) is 0 Å². The molecular weight excluding hydrogens is 360 g/mol. The van der Waals surface area contributed by atoms with E-state index in [1.54, 1.807) is 30.1 Å². The maximum absolute atomic E-state index is 11.9. The molecule has 1 aliphatic heterocycles. The summed E-state index contributed by atoms with van der Waals surface area (Å²) in [5.74, 6) is -0.0390. The van der Waals surface area contributed by atoms with Crippen LogP contribution in [0.2, 0.25) is 5.15 Å². The molecule has 11 heteroatoms. The summed E-state index contributed by atoms with van der Waals surface area (Å²) in [5.41, 5.74) is 1.16. The number of carbonyl (C=O) groups is 2.